The quantitative estimate of drug-likeness (QED) is 0.779. The average Bonchev–Trinajstić information content (AvgIpc) is 2.83. The van der Waals surface area contributed by atoms with E-state index in [4.69, 9.17) is 10.5 Å². The third-order valence-electron chi connectivity index (χ3n) is 2.31. The molecule has 0 aliphatic carbocycles. The number of benzene rings is 1. The van der Waals surface area contributed by atoms with Crippen molar-refractivity contribution in [3.63, 3.8) is 0 Å². The molecule has 3 N–H and O–H groups in total. The first-order valence-corrected chi connectivity index (χ1v) is 4.91. The van der Waals surface area contributed by atoms with Crippen LogP contribution in [-0.4, -0.2) is 27.7 Å². The van der Waals surface area contributed by atoms with Gasteiger partial charge in [-0.15, -0.1) is 10.2 Å². The monoisotopic (exact) mass is 219 g/mol. The van der Waals surface area contributed by atoms with Gasteiger partial charge in [0.25, 0.3) is 0 Å². The summed E-state index contributed by atoms with van der Waals surface area (Å²) in [5, 5.41) is 13.6. The van der Waals surface area contributed by atoms with Gasteiger partial charge in [-0.2, -0.15) is 5.21 Å². The highest BCUT2D eigenvalue weighted by atomic mass is 16.5. The number of nitrogens with one attached hydrogen (secondary N) is 1. The maximum absolute atomic E-state index is 5.93. The lowest BCUT2D eigenvalue weighted by Crippen LogP contribution is -2.15. The fourth-order valence-corrected chi connectivity index (χ4v) is 1.43. The van der Waals surface area contributed by atoms with Gasteiger partial charge in [-0.25, -0.2) is 0 Å². The average molecular weight is 219 g/mol. The lowest BCUT2D eigenvalue weighted by atomic mass is 10.1. The van der Waals surface area contributed by atoms with Gasteiger partial charge in [0.15, 0.2) is 5.82 Å². The minimum Gasteiger partial charge on any atom is -0.497 e. The highest BCUT2D eigenvalue weighted by molar-refractivity contribution is 5.27. The normalized spacial score (nSPS) is 12.4. The molecule has 1 aromatic heterocycles. The van der Waals surface area contributed by atoms with Crippen molar-refractivity contribution in [1.29, 1.82) is 0 Å². The Balaban J connectivity index is 2.03. The van der Waals surface area contributed by atoms with E-state index in [1.807, 2.05) is 24.3 Å². The van der Waals surface area contributed by atoms with Crippen molar-refractivity contribution in [3.05, 3.63) is 35.7 Å². The van der Waals surface area contributed by atoms with Crippen LogP contribution in [0.2, 0.25) is 0 Å². The molecule has 6 heteroatoms. The first kappa shape index (κ1) is 10.6. The van der Waals surface area contributed by atoms with Crippen molar-refractivity contribution < 1.29 is 4.74 Å². The summed E-state index contributed by atoms with van der Waals surface area (Å²) in [6.45, 7) is 0. The topological polar surface area (TPSA) is 89.7 Å². The molecule has 0 aliphatic heterocycles. The maximum atomic E-state index is 5.93. The van der Waals surface area contributed by atoms with Crippen molar-refractivity contribution in [2.24, 2.45) is 5.73 Å². The van der Waals surface area contributed by atoms with Gasteiger partial charge in [0.05, 0.1) is 13.2 Å². The number of nitrogens with two attached hydrogens (primary N) is 1. The lowest BCUT2D eigenvalue weighted by Gasteiger charge is -2.07. The van der Waals surface area contributed by atoms with Gasteiger partial charge in [0.2, 0.25) is 0 Å². The molecule has 1 aromatic carbocycles. The summed E-state index contributed by atoms with van der Waals surface area (Å²) in [6.07, 6.45) is 0.670. The number of rotatable bonds is 4. The first-order valence-electron chi connectivity index (χ1n) is 4.91. The van der Waals surface area contributed by atoms with Gasteiger partial charge < -0.3 is 10.5 Å². The zero-order valence-corrected chi connectivity index (χ0v) is 8.92. The number of nitrogens with zero attached hydrogens (tertiary/aromatic N) is 3. The standard InChI is InChI=1S/C10H13N5O/c1-16-8-4-2-7(3-5-8)6-9(11)10-12-14-15-13-10/h2-5,9H,6,11H2,1H3,(H,12,13,14,15)/t9-/m1/s1. The van der Waals surface area contributed by atoms with Crippen molar-refractivity contribution in [1.82, 2.24) is 20.6 Å². The van der Waals surface area contributed by atoms with Gasteiger partial charge in [0.1, 0.15) is 5.75 Å². The highest BCUT2D eigenvalue weighted by Crippen LogP contribution is 2.15. The molecule has 84 valence electrons. The SMILES string of the molecule is COc1ccc(C[C@@H](N)c2nn[nH]n2)cc1. The van der Waals surface area contributed by atoms with E-state index in [9.17, 15) is 0 Å². The number of hydrogen-bond acceptors (Lipinski definition) is 5. The molecule has 0 bridgehead atoms. The molecule has 0 unspecified atom stereocenters. The summed E-state index contributed by atoms with van der Waals surface area (Å²) in [5.41, 5.74) is 7.04. The highest BCUT2D eigenvalue weighted by Gasteiger charge is 2.11. The molecule has 2 rings (SSSR count). The fraction of sp³-hybridized carbons (Fsp3) is 0.300. The van der Waals surface area contributed by atoms with Crippen molar-refractivity contribution in [2.75, 3.05) is 7.11 Å². The predicted octanol–water partition coefficient (Wildman–Crippen LogP) is 0.451. The largest absolute Gasteiger partial charge is 0.497 e. The molecule has 0 saturated carbocycles. The Kier molecular flexibility index (Phi) is 3.11. The molecule has 6 nitrogen and oxygen atoms in total. The van der Waals surface area contributed by atoms with Gasteiger partial charge in [0, 0.05) is 0 Å². The van der Waals surface area contributed by atoms with Gasteiger partial charge >= 0.3 is 0 Å². The number of methoxy groups -OCH3 is 1. The van der Waals surface area contributed by atoms with Crippen LogP contribution in [0.1, 0.15) is 17.4 Å². The summed E-state index contributed by atoms with van der Waals surface area (Å²) in [5.74, 6) is 1.35. The van der Waals surface area contributed by atoms with Crippen LogP contribution >= 0.6 is 0 Å². The molecular formula is C10H13N5O. The van der Waals surface area contributed by atoms with E-state index in [2.05, 4.69) is 20.6 Å². The smallest absolute Gasteiger partial charge is 0.191 e. The van der Waals surface area contributed by atoms with E-state index in [-0.39, 0.29) is 6.04 Å². The lowest BCUT2D eigenvalue weighted by molar-refractivity contribution is 0.414. The van der Waals surface area contributed by atoms with E-state index < -0.39 is 0 Å². The van der Waals surface area contributed by atoms with E-state index in [0.29, 0.717) is 12.2 Å². The van der Waals surface area contributed by atoms with Crippen LogP contribution in [0.5, 0.6) is 5.75 Å². The second-order valence-electron chi connectivity index (χ2n) is 3.43. The van der Waals surface area contributed by atoms with E-state index in [1.165, 1.54) is 0 Å². The minimum absolute atomic E-state index is 0.243. The van der Waals surface area contributed by atoms with Crippen molar-refractivity contribution in [3.8, 4) is 5.75 Å². The Morgan fingerprint density at radius 1 is 1.38 bits per heavy atom. The zero-order chi connectivity index (χ0) is 11.4. The van der Waals surface area contributed by atoms with E-state index in [1.54, 1.807) is 7.11 Å². The Bertz CT molecular complexity index is 425. The third-order valence-corrected chi connectivity index (χ3v) is 2.31. The Morgan fingerprint density at radius 3 is 2.69 bits per heavy atom. The van der Waals surface area contributed by atoms with Crippen LogP contribution in [0.15, 0.2) is 24.3 Å². The molecule has 0 aliphatic rings. The molecule has 0 amide bonds. The number of hydrogen-bond donors (Lipinski definition) is 2. The summed E-state index contributed by atoms with van der Waals surface area (Å²) >= 11 is 0. The Labute approximate surface area is 92.8 Å². The summed E-state index contributed by atoms with van der Waals surface area (Å²) < 4.78 is 5.08. The Hall–Kier alpha value is -1.95. The minimum atomic E-state index is -0.243. The molecule has 0 radical (unpaired) electrons. The summed E-state index contributed by atoms with van der Waals surface area (Å²) in [4.78, 5) is 0. The van der Waals surface area contributed by atoms with Gasteiger partial charge in [-0.1, -0.05) is 17.3 Å². The molecule has 0 spiro atoms. The van der Waals surface area contributed by atoms with Crippen LogP contribution in [0.4, 0.5) is 0 Å². The van der Waals surface area contributed by atoms with Crippen LogP contribution in [0.3, 0.4) is 0 Å². The third kappa shape index (κ3) is 2.34. The number of ether oxygens (including phenoxy) is 1. The van der Waals surface area contributed by atoms with Gasteiger partial charge in [-0.3, -0.25) is 0 Å². The summed E-state index contributed by atoms with van der Waals surface area (Å²) in [7, 11) is 1.64. The van der Waals surface area contributed by atoms with Gasteiger partial charge in [-0.05, 0) is 24.1 Å². The van der Waals surface area contributed by atoms with Crippen LogP contribution in [0, 0.1) is 0 Å². The first-order chi connectivity index (χ1) is 7.79. The van der Waals surface area contributed by atoms with E-state index in [0.717, 1.165) is 11.3 Å². The van der Waals surface area contributed by atoms with Crippen LogP contribution in [0.25, 0.3) is 0 Å². The fourth-order valence-electron chi connectivity index (χ4n) is 1.43. The maximum Gasteiger partial charge on any atom is 0.191 e. The molecular weight excluding hydrogens is 206 g/mol. The van der Waals surface area contributed by atoms with Crippen LogP contribution in [-0.2, 0) is 6.42 Å². The number of tetrazole rings is 1. The van der Waals surface area contributed by atoms with Crippen LogP contribution < -0.4 is 10.5 Å². The molecule has 16 heavy (non-hydrogen) atoms. The molecule has 1 heterocycles. The molecule has 0 fully saturated rings. The van der Waals surface area contributed by atoms with Crippen molar-refractivity contribution in [2.45, 2.75) is 12.5 Å². The molecule has 0 saturated heterocycles. The number of aromatic amines is 1. The Morgan fingerprint density at radius 2 is 2.12 bits per heavy atom. The van der Waals surface area contributed by atoms with E-state index >= 15 is 0 Å². The number of aromatic nitrogens is 4. The number of H-pyrrole nitrogens is 1. The second kappa shape index (κ2) is 4.71. The zero-order valence-electron chi connectivity index (χ0n) is 8.92. The predicted molar refractivity (Wildman–Crippen MR) is 57.8 cm³/mol. The summed E-state index contributed by atoms with van der Waals surface area (Å²) in [6, 6.07) is 7.50. The molecule has 2 aromatic rings. The molecule has 1 atom stereocenters. The van der Waals surface area contributed by atoms with Crippen molar-refractivity contribution >= 4 is 0 Å². The second-order valence-corrected chi connectivity index (χ2v) is 3.43.